The lowest BCUT2D eigenvalue weighted by Crippen LogP contribution is -2.51. The number of rotatable bonds is 12. The van der Waals surface area contributed by atoms with Crippen molar-refractivity contribution in [2.24, 2.45) is 5.73 Å². The van der Waals surface area contributed by atoms with Crippen molar-refractivity contribution in [1.29, 1.82) is 0 Å². The Morgan fingerprint density at radius 1 is 0.979 bits per heavy atom. The van der Waals surface area contributed by atoms with E-state index in [0.717, 1.165) is 21.8 Å². The molecule has 0 bridgehead atoms. The van der Waals surface area contributed by atoms with Crippen molar-refractivity contribution in [2.75, 3.05) is 17.6 Å². The first kappa shape index (κ1) is 34.9. The Bertz CT molecular complexity index is 1850. The number of nitrogens with two attached hydrogens (primary N) is 1. The first-order valence-electron chi connectivity index (χ1n) is 15.1. The van der Waals surface area contributed by atoms with Crippen LogP contribution in [0.2, 0.25) is 0 Å². The summed E-state index contributed by atoms with van der Waals surface area (Å²) in [5, 5.41) is 14.3. The summed E-state index contributed by atoms with van der Waals surface area (Å²) in [5.74, 6) is 1.45. The van der Waals surface area contributed by atoms with E-state index in [1.54, 1.807) is 28.9 Å². The van der Waals surface area contributed by atoms with Gasteiger partial charge in [-0.25, -0.2) is 8.42 Å². The van der Waals surface area contributed by atoms with Crippen molar-refractivity contribution in [3.63, 3.8) is 0 Å². The van der Waals surface area contributed by atoms with Crippen molar-refractivity contribution < 1.29 is 18.0 Å². The zero-order valence-corrected chi connectivity index (χ0v) is 28.0. The van der Waals surface area contributed by atoms with Gasteiger partial charge in [-0.15, -0.1) is 11.5 Å². The van der Waals surface area contributed by atoms with Crippen molar-refractivity contribution >= 4 is 27.5 Å². The van der Waals surface area contributed by atoms with E-state index in [4.69, 9.17) is 12.2 Å². The van der Waals surface area contributed by atoms with E-state index in [2.05, 4.69) is 26.9 Å². The third-order valence-electron chi connectivity index (χ3n) is 7.71. The molecule has 4 rings (SSSR count). The van der Waals surface area contributed by atoms with Gasteiger partial charge in [-0.05, 0) is 35.7 Å². The molecule has 246 valence electrons. The van der Waals surface area contributed by atoms with Gasteiger partial charge in [0.1, 0.15) is 6.04 Å². The molecule has 12 heteroatoms. The molecule has 0 radical (unpaired) electrons. The molecule has 0 fully saturated rings. The van der Waals surface area contributed by atoms with Crippen LogP contribution in [0.5, 0.6) is 0 Å². The van der Waals surface area contributed by atoms with Gasteiger partial charge >= 0.3 is 0 Å². The fraction of sp³-hybridized carbons (Fsp3) is 0.314. The van der Waals surface area contributed by atoms with E-state index in [-0.39, 0.29) is 28.8 Å². The topological polar surface area (TPSA) is 152 Å². The average Bonchev–Trinajstić information content (AvgIpc) is 3.52. The number of aromatic nitrogens is 3. The summed E-state index contributed by atoms with van der Waals surface area (Å²) in [6, 6.07) is 20.9. The first-order valence-corrected chi connectivity index (χ1v) is 16.9. The molecule has 0 aliphatic rings. The highest BCUT2D eigenvalue weighted by Gasteiger charge is 2.26. The lowest BCUT2D eigenvalue weighted by Gasteiger charge is -2.26. The van der Waals surface area contributed by atoms with Crippen LogP contribution < -0.4 is 20.7 Å². The number of carbonyl (C=O) groups is 2. The highest BCUT2D eigenvalue weighted by Crippen LogP contribution is 2.23. The Labute approximate surface area is 276 Å². The van der Waals surface area contributed by atoms with Gasteiger partial charge in [-0.2, -0.15) is 0 Å². The Morgan fingerprint density at radius 3 is 2.09 bits per heavy atom. The molecule has 0 saturated carbocycles. The standard InChI is InChI=1S/C35H41N7O4S/c1-7-30(25-16-12-9-13-17-25)37-33(43)26-19-27(21-28(20-26)41(5)47(6,45)46)34(44)38-31(18-24-14-10-8-11-15-24)29(36)22-42-23-32(39-40-42)35(2,3)4/h1,8-17,19-21,23,29-31H,18,22,36H2,2-6H3,(H,37,43)(H,38,44)/t29-,30+,31-/m0/s1. The third-order valence-corrected chi connectivity index (χ3v) is 8.92. The molecular formula is C35H41N7O4S. The van der Waals surface area contributed by atoms with Crippen LogP contribution >= 0.6 is 0 Å². The fourth-order valence-corrected chi connectivity index (χ4v) is 5.32. The Hall–Kier alpha value is -4.99. The molecule has 1 heterocycles. The van der Waals surface area contributed by atoms with E-state index in [9.17, 15) is 18.0 Å². The number of amides is 2. The lowest BCUT2D eigenvalue weighted by molar-refractivity contribution is 0.0928. The second-order valence-corrected chi connectivity index (χ2v) is 14.5. The maximum atomic E-state index is 13.9. The van der Waals surface area contributed by atoms with Gasteiger partial charge in [0.05, 0.1) is 30.2 Å². The number of hydrogen-bond acceptors (Lipinski definition) is 7. The van der Waals surface area contributed by atoms with Gasteiger partial charge in [0.2, 0.25) is 10.0 Å². The first-order chi connectivity index (χ1) is 22.2. The molecule has 0 spiro atoms. The summed E-state index contributed by atoms with van der Waals surface area (Å²) in [4.78, 5) is 27.4. The van der Waals surface area contributed by atoms with Crippen LogP contribution in [0.25, 0.3) is 0 Å². The van der Waals surface area contributed by atoms with Crippen molar-refractivity contribution in [3.8, 4) is 12.3 Å². The maximum Gasteiger partial charge on any atom is 0.252 e. The quantitative estimate of drug-likeness (QED) is 0.198. The molecule has 3 atom stereocenters. The number of anilines is 1. The minimum Gasteiger partial charge on any atom is -0.347 e. The summed E-state index contributed by atoms with van der Waals surface area (Å²) in [6.45, 7) is 6.39. The molecule has 0 aliphatic heterocycles. The second-order valence-electron chi connectivity index (χ2n) is 12.5. The van der Waals surface area contributed by atoms with Gasteiger partial charge in [0, 0.05) is 35.8 Å². The molecular weight excluding hydrogens is 614 g/mol. The van der Waals surface area contributed by atoms with Gasteiger partial charge in [-0.3, -0.25) is 18.6 Å². The Morgan fingerprint density at radius 2 is 1.55 bits per heavy atom. The third kappa shape index (κ3) is 9.28. The average molecular weight is 656 g/mol. The predicted octanol–water partition coefficient (Wildman–Crippen LogP) is 3.44. The highest BCUT2D eigenvalue weighted by molar-refractivity contribution is 7.92. The number of sulfonamides is 1. The van der Waals surface area contributed by atoms with Crippen molar-refractivity contribution in [3.05, 3.63) is 113 Å². The lowest BCUT2D eigenvalue weighted by atomic mass is 9.93. The van der Waals surface area contributed by atoms with Crippen LogP contribution in [-0.4, -0.2) is 60.6 Å². The predicted molar refractivity (Wildman–Crippen MR) is 183 cm³/mol. The molecule has 0 aliphatic carbocycles. The summed E-state index contributed by atoms with van der Waals surface area (Å²) in [7, 11) is -2.38. The Kier molecular flexibility index (Phi) is 10.8. The van der Waals surface area contributed by atoms with Gasteiger partial charge in [-0.1, -0.05) is 92.6 Å². The van der Waals surface area contributed by atoms with E-state index in [1.807, 2.05) is 63.4 Å². The van der Waals surface area contributed by atoms with Crippen molar-refractivity contribution in [2.45, 2.75) is 57.3 Å². The molecule has 11 nitrogen and oxygen atoms in total. The van der Waals surface area contributed by atoms with Crippen LogP contribution in [0.1, 0.15) is 64.3 Å². The number of nitrogens with one attached hydrogen (secondary N) is 2. The summed E-state index contributed by atoms with van der Waals surface area (Å²) in [5.41, 5.74) is 9.23. The SMILES string of the molecule is C#C[C@@H](NC(=O)c1cc(C(=O)N[C@@H](Cc2ccccc2)[C@@H](N)Cn2cc(C(C)(C)C)nn2)cc(N(C)S(C)(=O)=O)c1)c1ccccc1. The number of nitrogens with zero attached hydrogens (tertiary/aromatic N) is 4. The molecule has 4 aromatic rings. The maximum absolute atomic E-state index is 13.9. The van der Waals surface area contributed by atoms with Gasteiger partial charge in [0.15, 0.2) is 0 Å². The zero-order chi connectivity index (χ0) is 34.4. The molecule has 1 aromatic heterocycles. The molecule has 2 amide bonds. The second kappa shape index (κ2) is 14.6. The smallest absolute Gasteiger partial charge is 0.252 e. The molecule has 47 heavy (non-hydrogen) atoms. The monoisotopic (exact) mass is 655 g/mol. The summed E-state index contributed by atoms with van der Waals surface area (Å²) < 4.78 is 27.6. The number of benzene rings is 3. The number of terminal acetylenes is 1. The fourth-order valence-electron chi connectivity index (χ4n) is 4.83. The van der Waals surface area contributed by atoms with Crippen LogP contribution in [0, 0.1) is 12.3 Å². The minimum absolute atomic E-state index is 0.0561. The van der Waals surface area contributed by atoms with Gasteiger partial charge in [0.25, 0.3) is 11.8 Å². The van der Waals surface area contributed by atoms with E-state index >= 15 is 0 Å². The Balaban J connectivity index is 1.66. The van der Waals surface area contributed by atoms with Crippen molar-refractivity contribution in [1.82, 2.24) is 25.6 Å². The van der Waals surface area contributed by atoms with Crippen LogP contribution in [0.3, 0.4) is 0 Å². The van der Waals surface area contributed by atoms with Crippen LogP contribution in [0.15, 0.2) is 85.1 Å². The highest BCUT2D eigenvalue weighted by atomic mass is 32.2. The molecule has 0 unspecified atom stereocenters. The normalized spacial score (nSPS) is 13.6. The molecule has 4 N–H and O–H groups in total. The number of carbonyl (C=O) groups excluding carboxylic acids is 2. The zero-order valence-electron chi connectivity index (χ0n) is 27.2. The summed E-state index contributed by atoms with van der Waals surface area (Å²) in [6.07, 6.45) is 9.02. The molecule has 0 saturated heterocycles. The van der Waals surface area contributed by atoms with Crippen LogP contribution in [-0.2, 0) is 28.4 Å². The largest absolute Gasteiger partial charge is 0.347 e. The van der Waals surface area contributed by atoms with Gasteiger partial charge < -0.3 is 16.4 Å². The number of hydrogen-bond donors (Lipinski definition) is 3. The molecule has 3 aromatic carbocycles. The van der Waals surface area contributed by atoms with Crippen LogP contribution in [0.4, 0.5) is 5.69 Å². The van der Waals surface area contributed by atoms with E-state index in [0.29, 0.717) is 12.0 Å². The van der Waals surface area contributed by atoms with E-state index in [1.165, 1.54) is 25.2 Å². The summed E-state index contributed by atoms with van der Waals surface area (Å²) >= 11 is 0. The van der Waals surface area contributed by atoms with E-state index < -0.39 is 40.0 Å². The minimum atomic E-state index is -3.73.